The first-order chi connectivity index (χ1) is 14.4. The average molecular weight is 406 g/mol. The summed E-state index contributed by atoms with van der Waals surface area (Å²) >= 11 is 0. The van der Waals surface area contributed by atoms with Gasteiger partial charge in [-0.15, -0.1) is 0 Å². The van der Waals surface area contributed by atoms with Crippen molar-refractivity contribution in [1.82, 2.24) is 9.72 Å². The number of carbonyl (C=O) groups is 1. The number of methoxy groups -OCH3 is 2. The smallest absolute Gasteiger partial charge is 0.267 e. The lowest BCUT2D eigenvalue weighted by Crippen LogP contribution is -2.13. The lowest BCUT2D eigenvalue weighted by molar-refractivity contribution is -0.112. The molecule has 0 unspecified atom stereocenters. The molecule has 30 heavy (non-hydrogen) atoms. The molecule has 0 aliphatic heterocycles. The molecule has 8 nitrogen and oxygen atoms in total. The Kier molecular flexibility index (Phi) is 5.93. The number of aromatic nitrogens is 2. The van der Waals surface area contributed by atoms with E-state index in [1.54, 1.807) is 33.3 Å². The largest absolute Gasteiger partial charge is 0.497 e. The van der Waals surface area contributed by atoms with Crippen molar-refractivity contribution in [3.63, 3.8) is 0 Å². The van der Waals surface area contributed by atoms with Crippen molar-refractivity contribution >= 4 is 17.8 Å². The number of aryl methyl sites for hydroxylation is 2. The van der Waals surface area contributed by atoms with Gasteiger partial charge in [-0.2, -0.15) is 5.26 Å². The average Bonchev–Trinajstić information content (AvgIpc) is 3.26. The molecular weight excluding hydrogens is 384 g/mol. The van der Waals surface area contributed by atoms with Gasteiger partial charge in [-0.3, -0.25) is 4.79 Å². The summed E-state index contributed by atoms with van der Waals surface area (Å²) in [5, 5.41) is 15.8. The number of nitriles is 1. The molecule has 3 aromatic rings. The van der Waals surface area contributed by atoms with E-state index in [4.69, 9.17) is 14.0 Å². The summed E-state index contributed by atoms with van der Waals surface area (Å²) < 4.78 is 17.8. The molecule has 1 amide bonds. The standard InChI is InChI=1S/C22H22N4O4/c1-13-8-16(10-17(12-23)22(27)24-21-9-14(2)30-25-21)15(3)26(13)19-11-18(28-4)6-7-20(19)29-5/h6-11H,1-5H3,(H,24,25,27)/b17-10-. The Hall–Kier alpha value is -3.99. The third-order valence-corrected chi connectivity index (χ3v) is 4.63. The van der Waals surface area contributed by atoms with Gasteiger partial charge in [-0.05, 0) is 50.6 Å². The van der Waals surface area contributed by atoms with E-state index in [1.807, 2.05) is 48.7 Å². The second kappa shape index (κ2) is 8.57. The van der Waals surface area contributed by atoms with Gasteiger partial charge in [0, 0.05) is 23.5 Å². The van der Waals surface area contributed by atoms with Crippen molar-refractivity contribution in [1.29, 1.82) is 5.26 Å². The molecule has 0 atom stereocenters. The van der Waals surface area contributed by atoms with E-state index < -0.39 is 5.91 Å². The number of rotatable bonds is 6. The van der Waals surface area contributed by atoms with Crippen LogP contribution in [-0.4, -0.2) is 29.9 Å². The van der Waals surface area contributed by atoms with E-state index in [0.717, 1.165) is 22.6 Å². The predicted octanol–water partition coefficient (Wildman–Crippen LogP) is 3.95. The minimum atomic E-state index is -0.561. The van der Waals surface area contributed by atoms with Gasteiger partial charge < -0.3 is 23.9 Å². The third kappa shape index (κ3) is 4.05. The van der Waals surface area contributed by atoms with E-state index in [2.05, 4.69) is 10.5 Å². The summed E-state index contributed by atoms with van der Waals surface area (Å²) in [7, 11) is 3.20. The Balaban J connectivity index is 2.00. The maximum Gasteiger partial charge on any atom is 0.267 e. The minimum Gasteiger partial charge on any atom is -0.497 e. The number of anilines is 1. The van der Waals surface area contributed by atoms with Crippen LogP contribution < -0.4 is 14.8 Å². The number of ether oxygens (including phenoxy) is 2. The zero-order chi connectivity index (χ0) is 21.8. The number of amides is 1. The first-order valence-electron chi connectivity index (χ1n) is 9.15. The van der Waals surface area contributed by atoms with Gasteiger partial charge in [-0.1, -0.05) is 5.16 Å². The van der Waals surface area contributed by atoms with Crippen molar-refractivity contribution in [2.75, 3.05) is 19.5 Å². The van der Waals surface area contributed by atoms with Crippen molar-refractivity contribution in [2.45, 2.75) is 20.8 Å². The first kappa shape index (κ1) is 20.7. The SMILES string of the molecule is COc1ccc(OC)c(-n2c(C)cc(/C=C(/C#N)C(=O)Nc3cc(C)on3)c2C)c1. The van der Waals surface area contributed by atoms with Crippen LogP contribution in [-0.2, 0) is 4.79 Å². The summed E-state index contributed by atoms with van der Waals surface area (Å²) in [6.45, 7) is 5.56. The number of nitrogens with one attached hydrogen (secondary N) is 1. The fourth-order valence-corrected chi connectivity index (χ4v) is 3.19. The molecule has 0 saturated carbocycles. The van der Waals surface area contributed by atoms with Crippen LogP contribution in [0.15, 0.2) is 40.4 Å². The van der Waals surface area contributed by atoms with E-state index >= 15 is 0 Å². The van der Waals surface area contributed by atoms with Crippen LogP contribution in [0.25, 0.3) is 11.8 Å². The van der Waals surface area contributed by atoms with Gasteiger partial charge in [0.05, 0.1) is 19.9 Å². The number of benzene rings is 1. The van der Waals surface area contributed by atoms with Gasteiger partial charge in [-0.25, -0.2) is 0 Å². The van der Waals surface area contributed by atoms with Crippen LogP contribution in [0.5, 0.6) is 11.5 Å². The molecule has 0 spiro atoms. The Labute approximate surface area is 174 Å². The van der Waals surface area contributed by atoms with Crippen LogP contribution in [0, 0.1) is 32.1 Å². The Morgan fingerprint density at radius 1 is 1.20 bits per heavy atom. The highest BCUT2D eigenvalue weighted by Crippen LogP contribution is 2.32. The molecule has 154 valence electrons. The van der Waals surface area contributed by atoms with Gasteiger partial charge in [0.15, 0.2) is 5.82 Å². The molecule has 2 aromatic heterocycles. The molecule has 0 fully saturated rings. The Morgan fingerprint density at radius 3 is 2.57 bits per heavy atom. The molecule has 0 aliphatic rings. The molecule has 0 radical (unpaired) electrons. The highest BCUT2D eigenvalue weighted by atomic mass is 16.5. The monoisotopic (exact) mass is 406 g/mol. The van der Waals surface area contributed by atoms with Crippen LogP contribution in [0.4, 0.5) is 5.82 Å². The number of nitrogens with zero attached hydrogens (tertiary/aromatic N) is 3. The van der Waals surface area contributed by atoms with Gasteiger partial charge in [0.25, 0.3) is 5.91 Å². The lowest BCUT2D eigenvalue weighted by atomic mass is 10.1. The van der Waals surface area contributed by atoms with Crippen LogP contribution in [0.2, 0.25) is 0 Å². The fraction of sp³-hybridized carbons (Fsp3) is 0.227. The lowest BCUT2D eigenvalue weighted by Gasteiger charge is -2.15. The summed E-state index contributed by atoms with van der Waals surface area (Å²) in [4.78, 5) is 12.5. The summed E-state index contributed by atoms with van der Waals surface area (Å²) in [5.74, 6) is 1.62. The molecule has 0 saturated heterocycles. The van der Waals surface area contributed by atoms with Crippen molar-refractivity contribution in [3.05, 3.63) is 58.6 Å². The third-order valence-electron chi connectivity index (χ3n) is 4.63. The highest BCUT2D eigenvalue weighted by molar-refractivity contribution is 6.09. The normalized spacial score (nSPS) is 11.1. The van der Waals surface area contributed by atoms with Gasteiger partial charge in [0.2, 0.25) is 0 Å². The predicted molar refractivity (Wildman–Crippen MR) is 112 cm³/mol. The molecule has 1 aromatic carbocycles. The summed E-state index contributed by atoms with van der Waals surface area (Å²) in [6, 6.07) is 11.0. The topological polar surface area (TPSA) is 102 Å². The van der Waals surface area contributed by atoms with Crippen molar-refractivity contribution in [3.8, 4) is 23.3 Å². The van der Waals surface area contributed by atoms with E-state index in [9.17, 15) is 10.1 Å². The van der Waals surface area contributed by atoms with Gasteiger partial charge >= 0.3 is 0 Å². The molecule has 3 rings (SSSR count). The molecule has 0 bridgehead atoms. The summed E-state index contributed by atoms with van der Waals surface area (Å²) in [5.41, 5.74) is 3.24. The highest BCUT2D eigenvalue weighted by Gasteiger charge is 2.17. The van der Waals surface area contributed by atoms with Crippen LogP contribution in [0.3, 0.4) is 0 Å². The second-order valence-corrected chi connectivity index (χ2v) is 6.65. The molecular formula is C22H22N4O4. The van der Waals surface area contributed by atoms with Crippen LogP contribution in [0.1, 0.15) is 22.7 Å². The number of hydrogen-bond donors (Lipinski definition) is 1. The molecule has 0 aliphatic carbocycles. The van der Waals surface area contributed by atoms with Crippen molar-refractivity contribution in [2.24, 2.45) is 0 Å². The quantitative estimate of drug-likeness (QED) is 0.491. The molecule has 1 N–H and O–H groups in total. The van der Waals surface area contributed by atoms with Crippen molar-refractivity contribution < 1.29 is 18.8 Å². The Morgan fingerprint density at radius 2 is 1.97 bits per heavy atom. The Bertz CT molecular complexity index is 1160. The maximum atomic E-state index is 12.5. The second-order valence-electron chi connectivity index (χ2n) is 6.65. The first-order valence-corrected chi connectivity index (χ1v) is 9.15. The zero-order valence-corrected chi connectivity index (χ0v) is 17.4. The number of hydrogen-bond acceptors (Lipinski definition) is 6. The van der Waals surface area contributed by atoms with Crippen LogP contribution >= 0.6 is 0 Å². The van der Waals surface area contributed by atoms with E-state index in [1.165, 1.54) is 0 Å². The minimum absolute atomic E-state index is 0.0477. The van der Waals surface area contributed by atoms with Gasteiger partial charge in [0.1, 0.15) is 28.9 Å². The number of carbonyl (C=O) groups excluding carboxylic acids is 1. The molecule has 2 heterocycles. The maximum absolute atomic E-state index is 12.5. The zero-order valence-electron chi connectivity index (χ0n) is 17.4. The summed E-state index contributed by atoms with van der Waals surface area (Å²) in [6.07, 6.45) is 1.55. The fourth-order valence-electron chi connectivity index (χ4n) is 3.19. The van der Waals surface area contributed by atoms with E-state index in [-0.39, 0.29) is 11.4 Å². The van der Waals surface area contributed by atoms with E-state index in [0.29, 0.717) is 17.3 Å². The molecule has 8 heteroatoms.